The van der Waals surface area contributed by atoms with Crippen molar-refractivity contribution < 1.29 is 4.74 Å². The van der Waals surface area contributed by atoms with Crippen LogP contribution in [0, 0.1) is 5.41 Å². The molecule has 2 unspecified atom stereocenters. The second-order valence-corrected chi connectivity index (χ2v) is 5.22. The molecule has 2 atom stereocenters. The molecule has 16 heavy (non-hydrogen) atoms. The van der Waals surface area contributed by atoms with E-state index in [1.54, 1.807) is 0 Å². The molecule has 0 radical (unpaired) electrons. The Balaban J connectivity index is 2.13. The fourth-order valence-corrected chi connectivity index (χ4v) is 3.04. The molecule has 1 nitrogen and oxygen atoms in total. The Morgan fingerprint density at radius 1 is 1.31 bits per heavy atom. The van der Waals surface area contributed by atoms with Gasteiger partial charge in [-0.2, -0.15) is 0 Å². The molecule has 1 aliphatic carbocycles. The van der Waals surface area contributed by atoms with Crippen LogP contribution in [0.25, 0.3) is 0 Å². The van der Waals surface area contributed by atoms with E-state index >= 15 is 0 Å². The number of hydrogen-bond donors (Lipinski definition) is 0. The van der Waals surface area contributed by atoms with Gasteiger partial charge in [0, 0.05) is 11.5 Å². The number of para-hydroxylation sites is 1. The molecule has 0 fully saturated rings. The average molecular weight is 212 g/mol. The second-order valence-electron chi connectivity index (χ2n) is 5.22. The minimum atomic E-state index is 0.154. The Labute approximate surface area is 96.4 Å². The van der Waals surface area contributed by atoms with Crippen LogP contribution in [0.1, 0.15) is 25.3 Å². The summed E-state index contributed by atoms with van der Waals surface area (Å²) in [6.45, 7) is 8.42. The summed E-state index contributed by atoms with van der Waals surface area (Å²) in [7, 11) is 0. The molecule has 0 N–H and O–H groups in total. The fourth-order valence-electron chi connectivity index (χ4n) is 3.04. The van der Waals surface area contributed by atoms with Gasteiger partial charge in [-0.15, -0.1) is 0 Å². The minimum absolute atomic E-state index is 0.154. The highest BCUT2D eigenvalue weighted by Gasteiger charge is 2.48. The summed E-state index contributed by atoms with van der Waals surface area (Å²) in [5, 5.41) is 0. The lowest BCUT2D eigenvalue weighted by molar-refractivity contribution is 0.218. The Morgan fingerprint density at radius 2 is 2.06 bits per heavy atom. The lowest BCUT2D eigenvalue weighted by Gasteiger charge is -2.24. The van der Waals surface area contributed by atoms with E-state index in [1.165, 1.54) is 11.1 Å². The molecular weight excluding hydrogens is 196 g/mol. The number of benzene rings is 1. The first-order valence-electron chi connectivity index (χ1n) is 5.74. The van der Waals surface area contributed by atoms with Crippen molar-refractivity contribution in [3.63, 3.8) is 0 Å². The quantitative estimate of drug-likeness (QED) is 0.690. The van der Waals surface area contributed by atoms with Gasteiger partial charge in [-0.3, -0.25) is 0 Å². The highest BCUT2D eigenvalue weighted by atomic mass is 16.5. The first-order chi connectivity index (χ1) is 7.63. The molecule has 1 aromatic rings. The highest BCUT2D eigenvalue weighted by molar-refractivity contribution is 5.50. The Kier molecular flexibility index (Phi) is 1.82. The summed E-state index contributed by atoms with van der Waals surface area (Å²) in [4.78, 5) is 0. The third-order valence-corrected chi connectivity index (χ3v) is 3.72. The van der Waals surface area contributed by atoms with E-state index in [-0.39, 0.29) is 11.5 Å². The molecule has 0 amide bonds. The Hall–Kier alpha value is -1.50. The minimum Gasteiger partial charge on any atom is -0.485 e. The Bertz CT molecular complexity index is 482. The third-order valence-electron chi connectivity index (χ3n) is 3.72. The summed E-state index contributed by atoms with van der Waals surface area (Å²) in [6, 6.07) is 8.36. The molecular formula is C15H16O. The van der Waals surface area contributed by atoms with Gasteiger partial charge in [0.2, 0.25) is 0 Å². The number of allylic oxidation sites excluding steroid dienone is 1. The van der Waals surface area contributed by atoms with Crippen molar-refractivity contribution in [1.29, 1.82) is 0 Å². The van der Waals surface area contributed by atoms with Gasteiger partial charge < -0.3 is 4.74 Å². The molecule has 0 saturated heterocycles. The standard InChI is InChI=1S/C15H16O/c1-4-10-9-15(2,3)13-11-7-5-6-8-12(11)16-14(10)13/h4-9,13-14H,1H2,2-3H3. The zero-order valence-electron chi connectivity index (χ0n) is 9.73. The second kappa shape index (κ2) is 3.00. The van der Waals surface area contributed by atoms with Crippen LogP contribution in [-0.2, 0) is 0 Å². The molecule has 1 heteroatoms. The maximum absolute atomic E-state index is 6.03. The molecule has 0 aromatic heterocycles. The van der Waals surface area contributed by atoms with Crippen LogP contribution in [0.4, 0.5) is 0 Å². The molecule has 1 aliphatic heterocycles. The van der Waals surface area contributed by atoms with Crippen molar-refractivity contribution in [2.45, 2.75) is 25.9 Å². The Morgan fingerprint density at radius 3 is 2.81 bits per heavy atom. The average Bonchev–Trinajstić information content (AvgIpc) is 2.75. The maximum Gasteiger partial charge on any atom is 0.131 e. The number of rotatable bonds is 1. The van der Waals surface area contributed by atoms with Crippen molar-refractivity contribution in [3.05, 3.63) is 54.1 Å². The van der Waals surface area contributed by atoms with E-state index in [9.17, 15) is 0 Å². The number of hydrogen-bond acceptors (Lipinski definition) is 1. The zero-order valence-corrected chi connectivity index (χ0v) is 9.73. The van der Waals surface area contributed by atoms with Crippen LogP contribution in [0.2, 0.25) is 0 Å². The summed E-state index contributed by atoms with van der Waals surface area (Å²) >= 11 is 0. The van der Waals surface area contributed by atoms with Gasteiger partial charge >= 0.3 is 0 Å². The van der Waals surface area contributed by atoms with Crippen molar-refractivity contribution in [1.82, 2.24) is 0 Å². The first kappa shape index (κ1) is 9.71. The zero-order chi connectivity index (χ0) is 11.3. The van der Waals surface area contributed by atoms with E-state index in [4.69, 9.17) is 4.74 Å². The maximum atomic E-state index is 6.03. The van der Waals surface area contributed by atoms with E-state index in [0.717, 1.165) is 5.75 Å². The summed E-state index contributed by atoms with van der Waals surface area (Å²) in [5.41, 5.74) is 2.72. The predicted octanol–water partition coefficient (Wildman–Crippen LogP) is 3.68. The molecule has 3 rings (SSSR count). The topological polar surface area (TPSA) is 9.23 Å². The third kappa shape index (κ3) is 1.12. The molecule has 1 aromatic carbocycles. The van der Waals surface area contributed by atoms with Gasteiger partial charge in [0.15, 0.2) is 0 Å². The monoisotopic (exact) mass is 212 g/mol. The largest absolute Gasteiger partial charge is 0.485 e. The van der Waals surface area contributed by atoms with Crippen molar-refractivity contribution >= 4 is 0 Å². The molecule has 0 saturated carbocycles. The van der Waals surface area contributed by atoms with E-state index in [2.05, 4.69) is 44.7 Å². The van der Waals surface area contributed by atoms with Gasteiger partial charge in [0.05, 0.1) is 0 Å². The van der Waals surface area contributed by atoms with Crippen LogP contribution in [0.3, 0.4) is 0 Å². The molecule has 1 heterocycles. The van der Waals surface area contributed by atoms with Gasteiger partial charge in [-0.1, -0.05) is 50.8 Å². The number of ether oxygens (including phenoxy) is 1. The van der Waals surface area contributed by atoms with Crippen molar-refractivity contribution in [2.75, 3.05) is 0 Å². The van der Waals surface area contributed by atoms with Crippen molar-refractivity contribution in [2.24, 2.45) is 5.41 Å². The highest BCUT2D eigenvalue weighted by Crippen LogP contribution is 2.55. The summed E-state index contributed by atoms with van der Waals surface area (Å²) in [6.07, 6.45) is 4.40. The van der Waals surface area contributed by atoms with Gasteiger partial charge in [0.25, 0.3) is 0 Å². The van der Waals surface area contributed by atoms with E-state index < -0.39 is 0 Å². The smallest absolute Gasteiger partial charge is 0.131 e. The van der Waals surface area contributed by atoms with Gasteiger partial charge in [-0.25, -0.2) is 0 Å². The normalized spacial score (nSPS) is 29.0. The molecule has 2 aliphatic rings. The van der Waals surface area contributed by atoms with E-state index in [0.29, 0.717) is 5.92 Å². The van der Waals surface area contributed by atoms with Gasteiger partial charge in [-0.05, 0) is 17.1 Å². The lowest BCUT2D eigenvalue weighted by atomic mass is 9.77. The first-order valence-corrected chi connectivity index (χ1v) is 5.74. The molecule has 0 spiro atoms. The summed E-state index contributed by atoms with van der Waals surface area (Å²) in [5.74, 6) is 1.48. The fraction of sp³-hybridized carbons (Fsp3) is 0.333. The van der Waals surface area contributed by atoms with Crippen LogP contribution >= 0.6 is 0 Å². The van der Waals surface area contributed by atoms with Crippen LogP contribution < -0.4 is 4.74 Å². The molecule has 0 bridgehead atoms. The lowest BCUT2D eigenvalue weighted by Crippen LogP contribution is -2.23. The van der Waals surface area contributed by atoms with E-state index in [1.807, 2.05) is 12.1 Å². The SMILES string of the molecule is C=CC1=CC(C)(C)C2c3ccccc3OC12. The number of fused-ring (bicyclic) bond motifs is 3. The van der Waals surface area contributed by atoms with Crippen molar-refractivity contribution in [3.8, 4) is 5.75 Å². The summed E-state index contributed by atoms with van der Waals surface area (Å²) < 4.78 is 6.03. The predicted molar refractivity (Wildman–Crippen MR) is 65.7 cm³/mol. The van der Waals surface area contributed by atoms with Crippen LogP contribution in [-0.4, -0.2) is 6.10 Å². The molecule has 82 valence electrons. The van der Waals surface area contributed by atoms with Gasteiger partial charge in [0.1, 0.15) is 11.9 Å². The van der Waals surface area contributed by atoms with Crippen LogP contribution in [0.5, 0.6) is 5.75 Å². The van der Waals surface area contributed by atoms with Crippen LogP contribution in [0.15, 0.2) is 48.6 Å².